The average Bonchev–Trinajstić information content (AvgIpc) is 3.13. The van der Waals surface area contributed by atoms with Gasteiger partial charge in [0.1, 0.15) is 0 Å². The van der Waals surface area contributed by atoms with E-state index in [1.54, 1.807) is 0 Å². The van der Waals surface area contributed by atoms with Gasteiger partial charge in [-0.2, -0.15) is 0 Å². The number of ether oxygens (including phenoxy) is 1. The number of carbonyl (C=O) groups is 1. The van der Waals surface area contributed by atoms with Gasteiger partial charge in [0.25, 0.3) is 0 Å². The van der Waals surface area contributed by atoms with Crippen molar-refractivity contribution in [3.8, 4) is 0 Å². The van der Waals surface area contributed by atoms with Crippen LogP contribution in [0.1, 0.15) is 31.2 Å². The molecule has 124 valence electrons. The van der Waals surface area contributed by atoms with Crippen molar-refractivity contribution in [2.75, 3.05) is 37.7 Å². The predicted octanol–water partition coefficient (Wildman–Crippen LogP) is 2.60. The minimum absolute atomic E-state index is 0.167. The van der Waals surface area contributed by atoms with Gasteiger partial charge in [-0.3, -0.25) is 9.69 Å². The first-order valence-electron chi connectivity index (χ1n) is 8.84. The molecule has 4 nitrogen and oxygen atoms in total. The van der Waals surface area contributed by atoms with Crippen molar-refractivity contribution in [1.29, 1.82) is 0 Å². The Bertz CT molecular complexity index is 580. The number of aryl methyl sites for hydroxylation is 1. The summed E-state index contributed by atoms with van der Waals surface area (Å²) in [6, 6.07) is 9.01. The fourth-order valence-electron chi connectivity index (χ4n) is 4.46. The zero-order valence-corrected chi connectivity index (χ0v) is 14.0. The van der Waals surface area contributed by atoms with Crippen molar-refractivity contribution in [1.82, 2.24) is 4.90 Å². The molecule has 0 bridgehead atoms. The Balaban J connectivity index is 1.46. The number of likely N-dealkylation sites (tertiary alicyclic amines) is 1. The van der Waals surface area contributed by atoms with Gasteiger partial charge in [0, 0.05) is 49.9 Å². The summed E-state index contributed by atoms with van der Waals surface area (Å²) in [5.41, 5.74) is 2.46. The van der Waals surface area contributed by atoms with Crippen LogP contribution >= 0.6 is 0 Å². The standard InChI is InChI=1S/C19H26N2O2/c1-15-2-4-17(5-3-15)21-14-19(12-18(21)22)8-9-20(13-19)16-6-10-23-11-7-16/h2-5,16H,6-14H2,1H3/t19-/m0/s1. The smallest absolute Gasteiger partial charge is 0.227 e. The van der Waals surface area contributed by atoms with E-state index in [9.17, 15) is 4.79 Å². The average molecular weight is 314 g/mol. The van der Waals surface area contributed by atoms with E-state index in [0.717, 1.165) is 57.8 Å². The largest absolute Gasteiger partial charge is 0.381 e. The number of carbonyl (C=O) groups excluding carboxylic acids is 1. The summed E-state index contributed by atoms with van der Waals surface area (Å²) in [5, 5.41) is 0. The minimum atomic E-state index is 0.167. The van der Waals surface area contributed by atoms with Crippen LogP contribution in [0.5, 0.6) is 0 Å². The molecule has 23 heavy (non-hydrogen) atoms. The lowest BCUT2D eigenvalue weighted by molar-refractivity contribution is -0.117. The third kappa shape index (κ3) is 2.90. The molecule has 1 aromatic rings. The van der Waals surface area contributed by atoms with Gasteiger partial charge in [0.2, 0.25) is 5.91 Å². The summed E-state index contributed by atoms with van der Waals surface area (Å²) >= 11 is 0. The summed E-state index contributed by atoms with van der Waals surface area (Å²) in [4.78, 5) is 17.2. The highest BCUT2D eigenvalue weighted by molar-refractivity contribution is 5.96. The number of anilines is 1. The van der Waals surface area contributed by atoms with Crippen LogP contribution in [0.15, 0.2) is 24.3 Å². The van der Waals surface area contributed by atoms with Gasteiger partial charge >= 0.3 is 0 Å². The van der Waals surface area contributed by atoms with Crippen LogP contribution in [0.2, 0.25) is 0 Å². The molecular weight excluding hydrogens is 288 g/mol. The lowest BCUT2D eigenvalue weighted by Gasteiger charge is -2.32. The van der Waals surface area contributed by atoms with Crippen LogP contribution in [0, 0.1) is 12.3 Å². The van der Waals surface area contributed by atoms with Gasteiger partial charge in [0.05, 0.1) is 0 Å². The topological polar surface area (TPSA) is 32.8 Å². The number of nitrogens with zero attached hydrogens (tertiary/aromatic N) is 2. The third-order valence-electron chi connectivity index (χ3n) is 5.84. The zero-order chi connectivity index (χ0) is 15.9. The first-order valence-corrected chi connectivity index (χ1v) is 8.84. The SMILES string of the molecule is Cc1ccc(N2C[C@@]3(CCN(C4CCOCC4)C3)CC2=O)cc1. The molecule has 1 amide bonds. The first-order chi connectivity index (χ1) is 11.2. The maximum Gasteiger partial charge on any atom is 0.227 e. The van der Waals surface area contributed by atoms with Crippen LogP contribution in [0.3, 0.4) is 0 Å². The van der Waals surface area contributed by atoms with Gasteiger partial charge < -0.3 is 9.64 Å². The van der Waals surface area contributed by atoms with Crippen molar-refractivity contribution < 1.29 is 9.53 Å². The van der Waals surface area contributed by atoms with Crippen LogP contribution < -0.4 is 4.90 Å². The zero-order valence-electron chi connectivity index (χ0n) is 14.0. The fourth-order valence-corrected chi connectivity index (χ4v) is 4.46. The summed E-state index contributed by atoms with van der Waals surface area (Å²) in [6.45, 7) is 6.96. The Morgan fingerprint density at radius 2 is 1.87 bits per heavy atom. The molecule has 3 saturated heterocycles. The highest BCUT2D eigenvalue weighted by atomic mass is 16.5. The van der Waals surface area contributed by atoms with Crippen LogP contribution in [-0.4, -0.2) is 49.7 Å². The molecular formula is C19H26N2O2. The highest BCUT2D eigenvalue weighted by Gasteiger charge is 2.48. The lowest BCUT2D eigenvalue weighted by atomic mass is 9.86. The van der Waals surface area contributed by atoms with Crippen molar-refractivity contribution in [3.63, 3.8) is 0 Å². The molecule has 4 heteroatoms. The lowest BCUT2D eigenvalue weighted by Crippen LogP contribution is -2.40. The molecule has 4 rings (SSSR count). The minimum Gasteiger partial charge on any atom is -0.381 e. The van der Waals surface area contributed by atoms with Crippen LogP contribution in [0.4, 0.5) is 5.69 Å². The Kier molecular flexibility index (Phi) is 3.90. The number of rotatable bonds is 2. The molecule has 1 aromatic carbocycles. The van der Waals surface area contributed by atoms with Gasteiger partial charge in [-0.05, 0) is 44.9 Å². The number of hydrogen-bond acceptors (Lipinski definition) is 3. The summed E-state index contributed by atoms with van der Waals surface area (Å²) < 4.78 is 5.49. The van der Waals surface area contributed by atoms with E-state index < -0.39 is 0 Å². The first kappa shape index (κ1) is 15.2. The Morgan fingerprint density at radius 3 is 2.61 bits per heavy atom. The molecule has 3 aliphatic rings. The van der Waals surface area contributed by atoms with Crippen molar-refractivity contribution >= 4 is 11.6 Å². The molecule has 3 heterocycles. The fraction of sp³-hybridized carbons (Fsp3) is 0.632. The molecule has 0 saturated carbocycles. The van der Waals surface area contributed by atoms with Gasteiger partial charge in [-0.25, -0.2) is 0 Å². The van der Waals surface area contributed by atoms with Gasteiger partial charge in [-0.15, -0.1) is 0 Å². The van der Waals surface area contributed by atoms with Gasteiger partial charge in [0.15, 0.2) is 0 Å². The molecule has 1 spiro atoms. The van der Waals surface area contributed by atoms with Crippen molar-refractivity contribution in [2.24, 2.45) is 5.41 Å². The molecule has 0 unspecified atom stereocenters. The van der Waals surface area contributed by atoms with Crippen molar-refractivity contribution in [2.45, 2.75) is 38.6 Å². The Hall–Kier alpha value is -1.39. The summed E-state index contributed by atoms with van der Waals surface area (Å²) in [6.07, 6.45) is 4.15. The van der Waals surface area contributed by atoms with E-state index in [2.05, 4.69) is 36.1 Å². The Morgan fingerprint density at radius 1 is 1.13 bits per heavy atom. The molecule has 0 aromatic heterocycles. The summed E-state index contributed by atoms with van der Waals surface area (Å²) in [7, 11) is 0. The second-order valence-corrected chi connectivity index (χ2v) is 7.56. The molecule has 0 aliphatic carbocycles. The van der Waals surface area contributed by atoms with Gasteiger partial charge in [-0.1, -0.05) is 17.7 Å². The van der Waals surface area contributed by atoms with E-state index in [4.69, 9.17) is 4.74 Å². The van der Waals surface area contributed by atoms with E-state index in [1.807, 2.05) is 4.90 Å². The number of hydrogen-bond donors (Lipinski definition) is 0. The molecule has 3 aliphatic heterocycles. The maximum atomic E-state index is 12.6. The van der Waals surface area contributed by atoms with Crippen LogP contribution in [0.25, 0.3) is 0 Å². The van der Waals surface area contributed by atoms with E-state index in [1.165, 1.54) is 5.56 Å². The second kappa shape index (κ2) is 5.91. The summed E-state index contributed by atoms with van der Waals surface area (Å²) in [5.74, 6) is 0.294. The third-order valence-corrected chi connectivity index (χ3v) is 5.84. The second-order valence-electron chi connectivity index (χ2n) is 7.56. The number of amides is 1. The monoisotopic (exact) mass is 314 g/mol. The quantitative estimate of drug-likeness (QED) is 0.841. The molecule has 0 radical (unpaired) electrons. The van der Waals surface area contributed by atoms with Crippen LogP contribution in [-0.2, 0) is 9.53 Å². The molecule has 1 atom stereocenters. The predicted molar refractivity (Wildman–Crippen MR) is 90.6 cm³/mol. The normalized spacial score (nSPS) is 29.8. The maximum absolute atomic E-state index is 12.6. The van der Waals surface area contributed by atoms with E-state index >= 15 is 0 Å². The van der Waals surface area contributed by atoms with Crippen molar-refractivity contribution in [3.05, 3.63) is 29.8 Å². The van der Waals surface area contributed by atoms with E-state index in [0.29, 0.717) is 18.4 Å². The van der Waals surface area contributed by atoms with E-state index in [-0.39, 0.29) is 5.41 Å². The highest BCUT2D eigenvalue weighted by Crippen LogP contribution is 2.43. The Labute approximate surface area is 138 Å². The molecule has 3 fully saturated rings. The molecule has 0 N–H and O–H groups in total. The number of benzene rings is 1.